The lowest BCUT2D eigenvalue weighted by atomic mass is 10.2. The van der Waals surface area contributed by atoms with Gasteiger partial charge in [0.05, 0.1) is 5.69 Å². The molecule has 4 rings (SSSR count). The number of benzene rings is 2. The second-order valence-corrected chi connectivity index (χ2v) is 5.58. The Morgan fingerprint density at radius 1 is 1.19 bits per heavy atom. The topological polar surface area (TPSA) is 104 Å². The fraction of sp³-hybridized carbons (Fsp3) is 0.118. The number of rotatable bonds is 4. The Balaban J connectivity index is 1.47. The average molecular weight is 355 g/mol. The maximum absolute atomic E-state index is 13.0. The SMILES string of the molecule is Nc1c(C(=O)NCc2ccc3c(c2)OCO3)nnn1-c1ccc(F)cc1. The van der Waals surface area contributed by atoms with Gasteiger partial charge >= 0.3 is 0 Å². The number of aromatic nitrogens is 3. The average Bonchev–Trinajstić information content (AvgIpc) is 3.26. The van der Waals surface area contributed by atoms with Crippen LogP contribution in [0.25, 0.3) is 5.69 Å². The number of nitrogen functional groups attached to an aromatic ring is 1. The van der Waals surface area contributed by atoms with Crippen molar-refractivity contribution in [3.63, 3.8) is 0 Å². The first kappa shape index (κ1) is 15.9. The third-order valence-corrected chi connectivity index (χ3v) is 3.88. The van der Waals surface area contributed by atoms with Crippen LogP contribution in [0.1, 0.15) is 16.1 Å². The van der Waals surface area contributed by atoms with Crippen molar-refractivity contribution in [2.24, 2.45) is 0 Å². The van der Waals surface area contributed by atoms with Crippen molar-refractivity contribution in [1.82, 2.24) is 20.3 Å². The predicted molar refractivity (Wildman–Crippen MR) is 89.5 cm³/mol. The first-order chi connectivity index (χ1) is 12.6. The molecular formula is C17H14FN5O3. The molecule has 132 valence electrons. The number of nitrogens with two attached hydrogens (primary N) is 1. The molecule has 2 aromatic carbocycles. The monoisotopic (exact) mass is 355 g/mol. The van der Waals surface area contributed by atoms with Crippen molar-refractivity contribution in [2.45, 2.75) is 6.54 Å². The number of carbonyl (C=O) groups is 1. The maximum Gasteiger partial charge on any atom is 0.275 e. The van der Waals surface area contributed by atoms with Crippen LogP contribution in [0.5, 0.6) is 11.5 Å². The molecule has 0 unspecified atom stereocenters. The lowest BCUT2D eigenvalue weighted by Crippen LogP contribution is -2.24. The van der Waals surface area contributed by atoms with Gasteiger partial charge in [-0.2, -0.15) is 4.68 Å². The molecule has 0 saturated carbocycles. The molecule has 1 aromatic heterocycles. The van der Waals surface area contributed by atoms with Crippen LogP contribution in [-0.2, 0) is 6.54 Å². The molecule has 1 amide bonds. The van der Waals surface area contributed by atoms with Gasteiger partial charge in [-0.1, -0.05) is 11.3 Å². The molecule has 0 radical (unpaired) electrons. The van der Waals surface area contributed by atoms with Crippen LogP contribution in [0.3, 0.4) is 0 Å². The first-order valence-corrected chi connectivity index (χ1v) is 7.75. The van der Waals surface area contributed by atoms with Crippen molar-refractivity contribution in [3.05, 3.63) is 59.5 Å². The zero-order valence-corrected chi connectivity index (χ0v) is 13.5. The highest BCUT2D eigenvalue weighted by molar-refractivity contribution is 5.96. The first-order valence-electron chi connectivity index (χ1n) is 7.75. The molecular weight excluding hydrogens is 341 g/mol. The van der Waals surface area contributed by atoms with Crippen molar-refractivity contribution in [3.8, 4) is 17.2 Å². The number of carbonyl (C=O) groups excluding carboxylic acids is 1. The standard InChI is InChI=1S/C17H14FN5O3/c18-11-2-4-12(5-3-11)23-16(19)15(21-22-23)17(24)20-8-10-1-6-13-14(7-10)26-9-25-13/h1-7H,8-9,19H2,(H,20,24). The van der Waals surface area contributed by atoms with Gasteiger partial charge < -0.3 is 20.5 Å². The summed E-state index contributed by atoms with van der Waals surface area (Å²) in [6.45, 7) is 0.451. The molecule has 0 spiro atoms. The minimum atomic E-state index is -0.464. The van der Waals surface area contributed by atoms with Crippen LogP contribution in [0.15, 0.2) is 42.5 Å². The summed E-state index contributed by atoms with van der Waals surface area (Å²) in [4.78, 5) is 12.3. The molecule has 0 atom stereocenters. The maximum atomic E-state index is 13.0. The van der Waals surface area contributed by atoms with Gasteiger partial charge in [-0.3, -0.25) is 4.79 Å². The van der Waals surface area contributed by atoms with E-state index in [0.717, 1.165) is 5.56 Å². The van der Waals surface area contributed by atoms with E-state index in [0.29, 0.717) is 17.2 Å². The van der Waals surface area contributed by atoms with Gasteiger partial charge in [0, 0.05) is 6.54 Å². The lowest BCUT2D eigenvalue weighted by Gasteiger charge is -2.06. The third kappa shape index (κ3) is 2.90. The quantitative estimate of drug-likeness (QED) is 0.737. The van der Waals surface area contributed by atoms with Gasteiger partial charge in [0.25, 0.3) is 5.91 Å². The van der Waals surface area contributed by atoms with Crippen molar-refractivity contribution < 1.29 is 18.7 Å². The normalized spacial score (nSPS) is 12.2. The fourth-order valence-electron chi connectivity index (χ4n) is 2.54. The number of anilines is 1. The smallest absolute Gasteiger partial charge is 0.275 e. The summed E-state index contributed by atoms with van der Waals surface area (Å²) in [7, 11) is 0. The fourth-order valence-corrected chi connectivity index (χ4v) is 2.54. The summed E-state index contributed by atoms with van der Waals surface area (Å²) in [5, 5.41) is 10.4. The van der Waals surface area contributed by atoms with Crippen molar-refractivity contribution in [2.75, 3.05) is 12.5 Å². The van der Waals surface area contributed by atoms with Crippen LogP contribution in [-0.4, -0.2) is 27.7 Å². The summed E-state index contributed by atoms with van der Waals surface area (Å²) in [6.07, 6.45) is 0. The second-order valence-electron chi connectivity index (χ2n) is 5.58. The largest absolute Gasteiger partial charge is 0.454 e. The lowest BCUT2D eigenvalue weighted by molar-refractivity contribution is 0.0946. The van der Waals surface area contributed by atoms with Crippen LogP contribution in [0.2, 0.25) is 0 Å². The molecule has 3 N–H and O–H groups in total. The van der Waals surface area contributed by atoms with E-state index >= 15 is 0 Å². The van der Waals surface area contributed by atoms with Crippen LogP contribution in [0, 0.1) is 5.82 Å². The number of fused-ring (bicyclic) bond motifs is 1. The molecule has 2 heterocycles. The van der Waals surface area contributed by atoms with Crippen molar-refractivity contribution in [1.29, 1.82) is 0 Å². The zero-order chi connectivity index (χ0) is 18.1. The summed E-state index contributed by atoms with van der Waals surface area (Å²) in [5.41, 5.74) is 7.30. The van der Waals surface area contributed by atoms with Gasteiger partial charge in [0.15, 0.2) is 23.0 Å². The number of nitrogens with one attached hydrogen (secondary N) is 1. The zero-order valence-electron chi connectivity index (χ0n) is 13.5. The van der Waals surface area contributed by atoms with E-state index in [9.17, 15) is 9.18 Å². The Morgan fingerprint density at radius 2 is 1.96 bits per heavy atom. The highest BCUT2D eigenvalue weighted by Crippen LogP contribution is 2.32. The number of halogens is 1. The Labute approximate surface area is 147 Å². The van der Waals surface area contributed by atoms with E-state index in [-0.39, 0.29) is 30.7 Å². The Hall–Kier alpha value is -3.62. The second kappa shape index (κ2) is 6.36. The van der Waals surface area contributed by atoms with Gasteiger partial charge in [-0.05, 0) is 42.0 Å². The highest BCUT2D eigenvalue weighted by Gasteiger charge is 2.19. The Morgan fingerprint density at radius 3 is 2.77 bits per heavy atom. The molecule has 3 aromatic rings. The minimum Gasteiger partial charge on any atom is -0.454 e. The minimum absolute atomic E-state index is 0.00457. The molecule has 8 nitrogen and oxygen atoms in total. The number of amides is 1. The molecule has 0 bridgehead atoms. The molecule has 9 heteroatoms. The molecule has 0 saturated heterocycles. The van der Waals surface area contributed by atoms with Gasteiger partial charge in [0.2, 0.25) is 6.79 Å². The predicted octanol–water partition coefficient (Wildman–Crippen LogP) is 1.65. The third-order valence-electron chi connectivity index (χ3n) is 3.88. The van der Waals surface area contributed by atoms with E-state index < -0.39 is 5.91 Å². The molecule has 1 aliphatic rings. The summed E-state index contributed by atoms with van der Waals surface area (Å²) in [5.74, 6) is 0.535. The number of hydrogen-bond acceptors (Lipinski definition) is 6. The van der Waals surface area contributed by atoms with E-state index in [1.165, 1.54) is 28.9 Å². The van der Waals surface area contributed by atoms with Crippen LogP contribution < -0.4 is 20.5 Å². The molecule has 26 heavy (non-hydrogen) atoms. The van der Waals surface area contributed by atoms with Crippen LogP contribution in [0.4, 0.5) is 10.2 Å². The van der Waals surface area contributed by atoms with Gasteiger partial charge in [-0.25, -0.2) is 4.39 Å². The molecule has 0 aliphatic carbocycles. The van der Waals surface area contributed by atoms with E-state index in [4.69, 9.17) is 15.2 Å². The summed E-state index contributed by atoms with van der Waals surface area (Å²) < 4.78 is 24.8. The number of nitrogens with zero attached hydrogens (tertiary/aromatic N) is 3. The molecule has 0 fully saturated rings. The number of ether oxygens (including phenoxy) is 2. The van der Waals surface area contributed by atoms with E-state index in [1.54, 1.807) is 12.1 Å². The Kier molecular flexibility index (Phi) is 3.88. The summed E-state index contributed by atoms with van der Waals surface area (Å²) in [6, 6.07) is 10.9. The number of hydrogen-bond donors (Lipinski definition) is 2. The van der Waals surface area contributed by atoms with Gasteiger partial charge in [0.1, 0.15) is 5.82 Å². The van der Waals surface area contributed by atoms with E-state index in [2.05, 4.69) is 15.6 Å². The van der Waals surface area contributed by atoms with Crippen LogP contribution >= 0.6 is 0 Å². The van der Waals surface area contributed by atoms with Gasteiger partial charge in [-0.15, -0.1) is 5.10 Å². The van der Waals surface area contributed by atoms with E-state index in [1.807, 2.05) is 6.07 Å². The Bertz CT molecular complexity index is 971. The highest BCUT2D eigenvalue weighted by atomic mass is 19.1. The summed E-state index contributed by atoms with van der Waals surface area (Å²) >= 11 is 0. The van der Waals surface area contributed by atoms with Crippen molar-refractivity contribution >= 4 is 11.7 Å². The molecule has 1 aliphatic heterocycles.